The van der Waals surface area contributed by atoms with Gasteiger partial charge in [-0.15, -0.1) is 5.48 Å². The van der Waals surface area contributed by atoms with Gasteiger partial charge in [0.2, 0.25) is 0 Å². The molecule has 0 aliphatic carbocycles. The fourth-order valence-electron chi connectivity index (χ4n) is 2.56. The van der Waals surface area contributed by atoms with Crippen LogP contribution < -0.4 is 15.1 Å². The van der Waals surface area contributed by atoms with E-state index in [9.17, 15) is 5.11 Å². The predicted octanol–water partition coefficient (Wildman–Crippen LogP) is 3.04. The second-order valence-electron chi connectivity index (χ2n) is 5.34. The van der Waals surface area contributed by atoms with Crippen LogP contribution in [0, 0.1) is 27.7 Å². The standard InChI is InChI=1S/C18H21O2P/c1-11-8-13(3)17(14(4)9-11)18(19)21-16-7-6-15(20-5)10-12(16)2/h6-10,19H,1-5H3/p-1. The van der Waals surface area contributed by atoms with Crippen LogP contribution in [0.15, 0.2) is 30.3 Å². The molecular formula is C18H20O2P-. The van der Waals surface area contributed by atoms with Crippen molar-refractivity contribution in [2.45, 2.75) is 27.7 Å². The molecule has 0 fully saturated rings. The maximum absolute atomic E-state index is 12.6. The Labute approximate surface area is 128 Å². The molecule has 21 heavy (non-hydrogen) atoms. The van der Waals surface area contributed by atoms with Crippen molar-refractivity contribution in [1.82, 2.24) is 0 Å². The summed E-state index contributed by atoms with van der Waals surface area (Å²) >= 11 is 0. The summed E-state index contributed by atoms with van der Waals surface area (Å²) in [6.45, 7) is 8.07. The summed E-state index contributed by atoms with van der Waals surface area (Å²) in [5, 5.41) is 13.7. The minimum atomic E-state index is 0.151. The summed E-state index contributed by atoms with van der Waals surface area (Å²) in [6, 6.07) is 9.96. The number of hydrogen-bond acceptors (Lipinski definition) is 2. The maximum atomic E-state index is 12.6. The van der Waals surface area contributed by atoms with E-state index in [0.717, 1.165) is 33.3 Å². The fourth-order valence-corrected chi connectivity index (χ4v) is 3.64. The Kier molecular flexibility index (Phi) is 4.82. The number of rotatable bonds is 3. The molecule has 0 bridgehead atoms. The molecular weight excluding hydrogens is 279 g/mol. The van der Waals surface area contributed by atoms with Crippen molar-refractivity contribution < 1.29 is 9.84 Å². The SMILES string of the molecule is COc1ccc(P=C([O-])c2c(C)cc(C)cc2C)c(C)c1. The van der Waals surface area contributed by atoms with Gasteiger partial charge >= 0.3 is 0 Å². The summed E-state index contributed by atoms with van der Waals surface area (Å²) in [5.74, 6) is 0.821. The van der Waals surface area contributed by atoms with Crippen molar-refractivity contribution in [2.24, 2.45) is 0 Å². The van der Waals surface area contributed by atoms with Crippen LogP contribution in [0.25, 0.3) is 0 Å². The van der Waals surface area contributed by atoms with Gasteiger partial charge in [0.05, 0.1) is 7.11 Å². The van der Waals surface area contributed by atoms with Gasteiger partial charge in [0, 0.05) is 5.30 Å². The molecule has 0 atom stereocenters. The van der Waals surface area contributed by atoms with Crippen molar-refractivity contribution in [3.05, 3.63) is 58.1 Å². The molecule has 0 saturated heterocycles. The minimum absolute atomic E-state index is 0.151. The molecule has 0 unspecified atom stereocenters. The van der Waals surface area contributed by atoms with Crippen LogP contribution in [-0.2, 0) is 0 Å². The van der Waals surface area contributed by atoms with Crippen molar-refractivity contribution in [3.8, 4) is 5.75 Å². The highest BCUT2D eigenvalue weighted by Gasteiger charge is 2.04. The van der Waals surface area contributed by atoms with Crippen LogP contribution in [0.4, 0.5) is 0 Å². The number of methoxy groups -OCH3 is 1. The van der Waals surface area contributed by atoms with E-state index in [2.05, 4.69) is 19.1 Å². The third-order valence-corrected chi connectivity index (χ3v) is 4.69. The average Bonchev–Trinajstić information content (AvgIpc) is 2.39. The van der Waals surface area contributed by atoms with Gasteiger partial charge in [-0.2, -0.15) is 0 Å². The Morgan fingerprint density at radius 2 is 1.57 bits per heavy atom. The summed E-state index contributed by atoms with van der Waals surface area (Å²) in [7, 11) is 2.36. The molecule has 0 spiro atoms. The van der Waals surface area contributed by atoms with E-state index in [1.165, 1.54) is 5.56 Å². The molecule has 3 heteroatoms. The third kappa shape index (κ3) is 3.53. The maximum Gasteiger partial charge on any atom is 0.119 e. The lowest BCUT2D eigenvalue weighted by molar-refractivity contribution is -0.207. The van der Waals surface area contributed by atoms with Gasteiger partial charge in [0.15, 0.2) is 0 Å². The van der Waals surface area contributed by atoms with Crippen LogP contribution in [0.1, 0.15) is 27.8 Å². The van der Waals surface area contributed by atoms with E-state index < -0.39 is 0 Å². The van der Waals surface area contributed by atoms with E-state index in [0.29, 0.717) is 8.20 Å². The van der Waals surface area contributed by atoms with Crippen LogP contribution in [0.5, 0.6) is 5.75 Å². The molecule has 2 nitrogen and oxygen atoms in total. The molecule has 0 heterocycles. The lowest BCUT2D eigenvalue weighted by atomic mass is 10.0. The average molecular weight is 299 g/mol. The summed E-state index contributed by atoms with van der Waals surface area (Å²) in [6.07, 6.45) is 0. The largest absolute Gasteiger partial charge is 0.823 e. The van der Waals surface area contributed by atoms with Gasteiger partial charge in [-0.1, -0.05) is 25.9 Å². The van der Waals surface area contributed by atoms with Gasteiger partial charge in [0.1, 0.15) is 5.75 Å². The highest BCUT2D eigenvalue weighted by atomic mass is 31.1. The van der Waals surface area contributed by atoms with Gasteiger partial charge < -0.3 is 9.84 Å². The molecule has 0 aromatic heterocycles. The highest BCUT2D eigenvalue weighted by molar-refractivity contribution is 7.49. The predicted molar refractivity (Wildman–Crippen MR) is 89.0 cm³/mol. The highest BCUT2D eigenvalue weighted by Crippen LogP contribution is 2.20. The van der Waals surface area contributed by atoms with E-state index >= 15 is 0 Å². The second kappa shape index (κ2) is 6.43. The molecule has 2 rings (SSSR count). The van der Waals surface area contributed by atoms with Crippen LogP contribution >= 0.6 is 8.20 Å². The van der Waals surface area contributed by atoms with Crippen LogP contribution in [-0.4, -0.2) is 12.6 Å². The molecule has 0 aliphatic heterocycles. The zero-order valence-electron chi connectivity index (χ0n) is 13.2. The number of hydrogen-bond donors (Lipinski definition) is 0. The van der Waals surface area contributed by atoms with E-state index in [1.807, 2.05) is 39.0 Å². The summed E-state index contributed by atoms with van der Waals surface area (Å²) < 4.78 is 5.20. The Balaban J connectivity index is 2.47. The quantitative estimate of drug-likeness (QED) is 0.816. The summed E-state index contributed by atoms with van der Waals surface area (Å²) in [5.41, 5.74) is 5.37. The number of benzene rings is 2. The Morgan fingerprint density at radius 3 is 2.10 bits per heavy atom. The van der Waals surface area contributed by atoms with Gasteiger partial charge in [-0.05, 0) is 68.1 Å². The van der Waals surface area contributed by atoms with E-state index in [-0.39, 0.29) is 5.48 Å². The molecule has 0 radical (unpaired) electrons. The first kappa shape index (κ1) is 15.8. The van der Waals surface area contributed by atoms with Crippen molar-refractivity contribution in [2.75, 3.05) is 7.11 Å². The zero-order valence-corrected chi connectivity index (χ0v) is 14.0. The topological polar surface area (TPSA) is 32.3 Å². The molecule has 0 saturated carbocycles. The third-order valence-electron chi connectivity index (χ3n) is 3.52. The molecule has 2 aromatic rings. The Bertz CT molecular complexity index is 679. The Hall–Kier alpha value is -1.63. The molecule has 2 aromatic carbocycles. The molecule has 0 amide bonds. The monoisotopic (exact) mass is 299 g/mol. The first-order valence-electron chi connectivity index (χ1n) is 6.91. The first-order chi connectivity index (χ1) is 9.92. The van der Waals surface area contributed by atoms with E-state index in [4.69, 9.17) is 4.74 Å². The second-order valence-corrected chi connectivity index (χ2v) is 6.45. The zero-order chi connectivity index (χ0) is 15.6. The molecule has 110 valence electrons. The van der Waals surface area contributed by atoms with Crippen molar-refractivity contribution in [1.29, 1.82) is 0 Å². The lowest BCUT2D eigenvalue weighted by Crippen LogP contribution is -2.21. The van der Waals surface area contributed by atoms with Crippen LogP contribution in [0.3, 0.4) is 0 Å². The van der Waals surface area contributed by atoms with Crippen molar-refractivity contribution >= 4 is 19.0 Å². The summed E-state index contributed by atoms with van der Waals surface area (Å²) in [4.78, 5) is 0. The Morgan fingerprint density at radius 1 is 0.952 bits per heavy atom. The minimum Gasteiger partial charge on any atom is -0.823 e. The van der Waals surface area contributed by atoms with Gasteiger partial charge in [-0.3, -0.25) is 0 Å². The normalized spacial score (nSPS) is 11.6. The van der Waals surface area contributed by atoms with E-state index in [1.54, 1.807) is 7.11 Å². The first-order valence-corrected chi connectivity index (χ1v) is 7.80. The van der Waals surface area contributed by atoms with Gasteiger partial charge in [0.25, 0.3) is 0 Å². The number of ether oxygens (including phenoxy) is 1. The smallest absolute Gasteiger partial charge is 0.119 e. The fraction of sp³-hybridized carbons (Fsp3) is 0.278. The lowest BCUT2D eigenvalue weighted by Gasteiger charge is -2.19. The molecule has 0 aliphatic rings. The molecule has 0 N–H and O–H groups in total. The van der Waals surface area contributed by atoms with Crippen molar-refractivity contribution in [3.63, 3.8) is 0 Å². The van der Waals surface area contributed by atoms with Crippen LogP contribution in [0.2, 0.25) is 0 Å². The number of aryl methyl sites for hydroxylation is 4. The van der Waals surface area contributed by atoms with Gasteiger partial charge in [-0.25, -0.2) is 0 Å².